The molecular weight excluding hydrogens is 504 g/mol. The number of carboxylic acid groups (broad SMARTS) is 2. The Morgan fingerprint density at radius 3 is 1.89 bits per heavy atom. The molecule has 0 aliphatic carbocycles. The number of pyridine rings is 1. The Hall–Kier alpha value is -3.75. The van der Waals surface area contributed by atoms with Gasteiger partial charge < -0.3 is 29.9 Å². The van der Waals surface area contributed by atoms with Gasteiger partial charge in [0, 0.05) is 31.7 Å². The molecule has 9 nitrogen and oxygen atoms in total. The van der Waals surface area contributed by atoms with E-state index in [1.54, 1.807) is 14.2 Å². The number of aliphatic carboxylic acids is 2. The summed E-state index contributed by atoms with van der Waals surface area (Å²) in [5, 5.41) is 17.6. The molecule has 3 N–H and O–H groups in total. The quantitative estimate of drug-likeness (QED) is 0.514. The molecule has 0 atom stereocenters. The fourth-order valence-electron chi connectivity index (χ4n) is 2.66. The van der Waals surface area contributed by atoms with Crippen molar-refractivity contribution >= 4 is 17.8 Å². The lowest BCUT2D eigenvalue weighted by atomic mass is 10.1. The zero-order valence-electron chi connectivity index (χ0n) is 19.0. The van der Waals surface area contributed by atoms with Gasteiger partial charge >= 0.3 is 24.3 Å². The Labute approximate surface area is 201 Å². The Kier molecular flexibility index (Phi) is 11.2. The molecule has 0 spiro atoms. The van der Waals surface area contributed by atoms with Crippen LogP contribution in [0.25, 0.3) is 11.3 Å². The number of ether oxygens (including phenoxy) is 2. The van der Waals surface area contributed by atoms with Crippen molar-refractivity contribution in [3.63, 3.8) is 0 Å². The zero-order chi connectivity index (χ0) is 27.5. The minimum atomic E-state index is -5.08. The highest BCUT2D eigenvalue weighted by Crippen LogP contribution is 2.33. The number of rotatable bonds is 4. The van der Waals surface area contributed by atoms with Gasteiger partial charge in [-0.25, -0.2) is 14.6 Å². The van der Waals surface area contributed by atoms with Crippen molar-refractivity contribution in [3.8, 4) is 22.8 Å². The highest BCUT2D eigenvalue weighted by Gasteiger charge is 2.38. The largest absolute Gasteiger partial charge is 0.497 e. The SMILES string of the molecule is COc1ccc(OC)c(-c2cccc(N3CCNCC3)n2)c1.O=C(O)C(F)(F)F.O=C(O)C(F)(F)F. The van der Waals surface area contributed by atoms with Crippen LogP contribution >= 0.6 is 0 Å². The first-order valence-corrected chi connectivity index (χ1v) is 9.96. The first-order valence-electron chi connectivity index (χ1n) is 9.96. The summed E-state index contributed by atoms with van der Waals surface area (Å²) in [4.78, 5) is 24.9. The Balaban J connectivity index is 0.000000383. The predicted molar refractivity (Wildman–Crippen MR) is 115 cm³/mol. The van der Waals surface area contributed by atoms with Crippen LogP contribution in [0, 0.1) is 0 Å². The summed E-state index contributed by atoms with van der Waals surface area (Å²) in [5.74, 6) is -2.92. The van der Waals surface area contributed by atoms with Gasteiger partial charge in [0.2, 0.25) is 0 Å². The number of benzene rings is 1. The summed E-state index contributed by atoms with van der Waals surface area (Å²) in [6.45, 7) is 3.94. The number of methoxy groups -OCH3 is 2. The molecule has 15 heteroatoms. The molecule has 0 bridgehead atoms. The molecule has 0 radical (unpaired) electrons. The van der Waals surface area contributed by atoms with Crippen LogP contribution in [0.1, 0.15) is 0 Å². The predicted octanol–water partition coefficient (Wildman–Crippen LogP) is 3.44. The molecule has 36 heavy (non-hydrogen) atoms. The molecule has 1 aromatic heterocycles. The summed E-state index contributed by atoms with van der Waals surface area (Å²) in [6, 6.07) is 11.9. The molecule has 2 heterocycles. The third-order valence-electron chi connectivity index (χ3n) is 4.34. The monoisotopic (exact) mass is 527 g/mol. The maximum atomic E-state index is 10.6. The molecule has 1 saturated heterocycles. The van der Waals surface area contributed by atoms with Crippen LogP contribution in [-0.2, 0) is 9.59 Å². The van der Waals surface area contributed by atoms with Gasteiger partial charge in [-0.2, -0.15) is 26.3 Å². The molecule has 0 unspecified atom stereocenters. The van der Waals surface area contributed by atoms with Crippen molar-refractivity contribution in [2.24, 2.45) is 0 Å². The maximum Gasteiger partial charge on any atom is 0.490 e. The fraction of sp³-hybridized carbons (Fsp3) is 0.381. The van der Waals surface area contributed by atoms with Gasteiger partial charge in [0.25, 0.3) is 0 Å². The van der Waals surface area contributed by atoms with E-state index in [4.69, 9.17) is 34.3 Å². The van der Waals surface area contributed by atoms with Gasteiger partial charge in [0.15, 0.2) is 0 Å². The highest BCUT2D eigenvalue weighted by atomic mass is 19.4. The van der Waals surface area contributed by atoms with E-state index in [0.717, 1.165) is 54.8 Å². The number of anilines is 1. The first-order chi connectivity index (χ1) is 16.7. The maximum absolute atomic E-state index is 10.6. The van der Waals surface area contributed by atoms with Crippen molar-refractivity contribution in [1.82, 2.24) is 10.3 Å². The second kappa shape index (κ2) is 13.4. The van der Waals surface area contributed by atoms with Gasteiger partial charge in [0.1, 0.15) is 17.3 Å². The summed E-state index contributed by atoms with van der Waals surface area (Å²) >= 11 is 0. The second-order valence-corrected chi connectivity index (χ2v) is 6.79. The van der Waals surface area contributed by atoms with E-state index in [0.29, 0.717) is 0 Å². The zero-order valence-corrected chi connectivity index (χ0v) is 19.0. The Morgan fingerprint density at radius 2 is 1.44 bits per heavy atom. The van der Waals surface area contributed by atoms with E-state index in [9.17, 15) is 26.3 Å². The average molecular weight is 527 g/mol. The molecule has 1 aliphatic rings. The van der Waals surface area contributed by atoms with Crippen molar-refractivity contribution in [2.45, 2.75) is 12.4 Å². The number of nitrogens with one attached hydrogen (secondary N) is 1. The summed E-state index contributed by atoms with van der Waals surface area (Å²) < 4.78 is 74.3. The number of piperazine rings is 1. The number of aromatic nitrogens is 1. The highest BCUT2D eigenvalue weighted by molar-refractivity contribution is 5.73. The Morgan fingerprint density at radius 1 is 0.917 bits per heavy atom. The number of carboxylic acids is 2. The Bertz CT molecular complexity index is 986. The second-order valence-electron chi connectivity index (χ2n) is 6.79. The summed E-state index contributed by atoms with van der Waals surface area (Å²) in [7, 11) is 3.33. The topological polar surface area (TPSA) is 121 Å². The molecule has 2 aromatic rings. The van der Waals surface area contributed by atoms with Crippen molar-refractivity contribution in [2.75, 3.05) is 45.3 Å². The molecule has 200 valence electrons. The minimum Gasteiger partial charge on any atom is -0.497 e. The van der Waals surface area contributed by atoms with E-state index in [2.05, 4.69) is 16.3 Å². The number of halogens is 6. The average Bonchev–Trinajstić information content (AvgIpc) is 2.84. The van der Waals surface area contributed by atoms with Crippen LogP contribution < -0.4 is 19.7 Å². The van der Waals surface area contributed by atoms with Crippen LogP contribution in [0.3, 0.4) is 0 Å². The third kappa shape index (κ3) is 9.85. The molecule has 3 rings (SSSR count). The van der Waals surface area contributed by atoms with E-state index >= 15 is 0 Å². The molecular formula is C21H23F6N3O6. The van der Waals surface area contributed by atoms with E-state index < -0.39 is 24.3 Å². The van der Waals surface area contributed by atoms with Crippen LogP contribution in [0.2, 0.25) is 0 Å². The molecule has 0 saturated carbocycles. The van der Waals surface area contributed by atoms with Crippen molar-refractivity contribution < 1.29 is 55.6 Å². The standard InChI is InChI=1S/C17H21N3O2.2C2HF3O2/c1-21-13-6-7-16(22-2)14(12-13)15-4-3-5-17(19-15)20-10-8-18-9-11-20;2*3-2(4,5)1(6)7/h3-7,12,18H,8-11H2,1-2H3;2*(H,6,7). The van der Waals surface area contributed by atoms with Crippen molar-refractivity contribution in [1.29, 1.82) is 0 Å². The van der Waals surface area contributed by atoms with Crippen LogP contribution in [0.4, 0.5) is 32.2 Å². The van der Waals surface area contributed by atoms with Gasteiger partial charge in [-0.1, -0.05) is 6.07 Å². The fourth-order valence-corrected chi connectivity index (χ4v) is 2.66. The third-order valence-corrected chi connectivity index (χ3v) is 4.34. The normalized spacial score (nSPS) is 13.4. The number of hydrogen-bond acceptors (Lipinski definition) is 7. The lowest BCUT2D eigenvalue weighted by molar-refractivity contribution is -0.193. The van der Waals surface area contributed by atoms with Crippen LogP contribution in [-0.4, -0.2) is 79.9 Å². The minimum absolute atomic E-state index is 0.796. The number of nitrogens with zero attached hydrogens (tertiary/aromatic N) is 2. The lowest BCUT2D eigenvalue weighted by Crippen LogP contribution is -2.43. The van der Waals surface area contributed by atoms with E-state index in [1.165, 1.54) is 0 Å². The number of alkyl halides is 6. The number of hydrogen-bond donors (Lipinski definition) is 3. The molecule has 0 amide bonds. The molecule has 1 aliphatic heterocycles. The van der Waals surface area contributed by atoms with Gasteiger partial charge in [-0.05, 0) is 30.3 Å². The van der Waals surface area contributed by atoms with Gasteiger partial charge in [0.05, 0.1) is 19.9 Å². The molecule has 1 fully saturated rings. The van der Waals surface area contributed by atoms with E-state index in [1.807, 2.05) is 30.3 Å². The molecule has 1 aromatic carbocycles. The van der Waals surface area contributed by atoms with Gasteiger partial charge in [-0.15, -0.1) is 0 Å². The first kappa shape index (κ1) is 30.3. The van der Waals surface area contributed by atoms with Crippen molar-refractivity contribution in [3.05, 3.63) is 36.4 Å². The van der Waals surface area contributed by atoms with Crippen LogP contribution in [0.5, 0.6) is 11.5 Å². The number of carbonyl (C=O) groups is 2. The van der Waals surface area contributed by atoms with Gasteiger partial charge in [-0.3, -0.25) is 0 Å². The van der Waals surface area contributed by atoms with E-state index in [-0.39, 0.29) is 0 Å². The smallest absolute Gasteiger partial charge is 0.490 e. The van der Waals surface area contributed by atoms with Crippen LogP contribution in [0.15, 0.2) is 36.4 Å². The lowest BCUT2D eigenvalue weighted by Gasteiger charge is -2.28. The summed E-state index contributed by atoms with van der Waals surface area (Å²) in [5.41, 5.74) is 1.84. The summed E-state index contributed by atoms with van der Waals surface area (Å²) in [6.07, 6.45) is -10.2.